The smallest absolute Gasteiger partial charge is 0.307 e. The number of carboxylic acids is 1. The molecule has 104 valence electrons. The number of nitrogens with zero attached hydrogens (tertiary/aromatic N) is 1. The van der Waals surface area contributed by atoms with Crippen molar-refractivity contribution in [3.05, 3.63) is 29.3 Å². The molecule has 0 radical (unpaired) electrons. The van der Waals surface area contributed by atoms with E-state index in [1.54, 1.807) is 7.11 Å². The van der Waals surface area contributed by atoms with Gasteiger partial charge in [0.1, 0.15) is 5.75 Å². The summed E-state index contributed by atoms with van der Waals surface area (Å²) in [5.74, 6) is -0.0335. The summed E-state index contributed by atoms with van der Waals surface area (Å²) in [6, 6.07) is 6.16. The highest BCUT2D eigenvalue weighted by Gasteiger charge is 2.25. The Bertz CT molecular complexity index is 459. The summed E-state index contributed by atoms with van der Waals surface area (Å²) in [6.07, 6.45) is 1.75. The van der Waals surface area contributed by atoms with Gasteiger partial charge in [-0.3, -0.25) is 9.69 Å². The molecular formula is C15H21NO3. The highest BCUT2D eigenvalue weighted by atomic mass is 16.5. The first kappa shape index (κ1) is 13.9. The molecule has 1 fully saturated rings. The van der Waals surface area contributed by atoms with Gasteiger partial charge in [0, 0.05) is 13.1 Å². The van der Waals surface area contributed by atoms with Crippen molar-refractivity contribution in [2.75, 3.05) is 20.2 Å². The lowest BCUT2D eigenvalue weighted by atomic mass is 9.97. The Morgan fingerprint density at radius 3 is 2.95 bits per heavy atom. The molecule has 1 aromatic rings. The van der Waals surface area contributed by atoms with Gasteiger partial charge < -0.3 is 9.84 Å². The number of benzene rings is 1. The molecule has 2 rings (SSSR count). The maximum atomic E-state index is 11.1. The first-order chi connectivity index (χ1) is 9.08. The first-order valence-electron chi connectivity index (χ1n) is 6.68. The molecule has 4 heteroatoms. The SMILES string of the molecule is COc1cc(C)cc(CN2CCCC(C(=O)O)C2)c1. The molecule has 0 spiro atoms. The Balaban J connectivity index is 2.04. The topological polar surface area (TPSA) is 49.8 Å². The summed E-state index contributed by atoms with van der Waals surface area (Å²) in [7, 11) is 1.67. The molecule has 0 bridgehead atoms. The highest BCUT2D eigenvalue weighted by molar-refractivity contribution is 5.70. The van der Waals surface area contributed by atoms with Crippen LogP contribution < -0.4 is 4.74 Å². The largest absolute Gasteiger partial charge is 0.497 e. The molecule has 1 heterocycles. The predicted octanol–water partition coefficient (Wildman–Crippen LogP) is 2.30. The molecule has 0 saturated carbocycles. The molecular weight excluding hydrogens is 242 g/mol. The van der Waals surface area contributed by atoms with Crippen molar-refractivity contribution in [2.24, 2.45) is 5.92 Å². The van der Waals surface area contributed by atoms with E-state index in [1.165, 1.54) is 11.1 Å². The monoisotopic (exact) mass is 263 g/mol. The van der Waals surface area contributed by atoms with Gasteiger partial charge in [0.05, 0.1) is 13.0 Å². The minimum Gasteiger partial charge on any atom is -0.497 e. The number of carboxylic acid groups (broad SMARTS) is 1. The lowest BCUT2D eigenvalue weighted by Gasteiger charge is -2.30. The lowest BCUT2D eigenvalue weighted by Crippen LogP contribution is -2.38. The Hall–Kier alpha value is -1.55. The molecule has 4 nitrogen and oxygen atoms in total. The van der Waals surface area contributed by atoms with Crippen LogP contribution in [0.1, 0.15) is 24.0 Å². The summed E-state index contributed by atoms with van der Waals surface area (Å²) < 4.78 is 5.27. The number of carbonyl (C=O) groups is 1. The number of rotatable bonds is 4. The maximum Gasteiger partial charge on any atom is 0.307 e. The van der Waals surface area contributed by atoms with E-state index in [2.05, 4.69) is 11.0 Å². The minimum atomic E-state index is -0.675. The van der Waals surface area contributed by atoms with Gasteiger partial charge in [0.25, 0.3) is 0 Å². The molecule has 1 aliphatic heterocycles. The van der Waals surface area contributed by atoms with Crippen LogP contribution in [0.4, 0.5) is 0 Å². The predicted molar refractivity (Wildman–Crippen MR) is 73.4 cm³/mol. The molecule has 0 aliphatic carbocycles. The zero-order valence-corrected chi connectivity index (χ0v) is 11.6. The normalized spacial score (nSPS) is 20.2. The van der Waals surface area contributed by atoms with Crippen LogP contribution >= 0.6 is 0 Å². The highest BCUT2D eigenvalue weighted by Crippen LogP contribution is 2.21. The fourth-order valence-electron chi connectivity index (χ4n) is 2.69. The van der Waals surface area contributed by atoms with Crippen LogP contribution in [0.2, 0.25) is 0 Å². The number of hydrogen-bond acceptors (Lipinski definition) is 3. The van der Waals surface area contributed by atoms with Gasteiger partial charge >= 0.3 is 5.97 Å². The quantitative estimate of drug-likeness (QED) is 0.905. The van der Waals surface area contributed by atoms with Crippen molar-refractivity contribution in [3.63, 3.8) is 0 Å². The number of aryl methyl sites for hydroxylation is 1. The van der Waals surface area contributed by atoms with Crippen LogP contribution in [0.25, 0.3) is 0 Å². The number of likely N-dealkylation sites (tertiary alicyclic amines) is 1. The van der Waals surface area contributed by atoms with Crippen molar-refractivity contribution >= 4 is 5.97 Å². The minimum absolute atomic E-state index is 0.222. The summed E-state index contributed by atoms with van der Waals surface area (Å²) >= 11 is 0. The van der Waals surface area contributed by atoms with Gasteiger partial charge in [0.2, 0.25) is 0 Å². The average Bonchev–Trinajstić information content (AvgIpc) is 2.38. The summed E-state index contributed by atoms with van der Waals surface area (Å²) in [6.45, 7) is 4.45. The van der Waals surface area contributed by atoms with Crippen LogP contribution in [0, 0.1) is 12.8 Å². The molecule has 0 aromatic heterocycles. The third kappa shape index (κ3) is 3.70. The Kier molecular flexibility index (Phi) is 4.43. The number of piperidine rings is 1. The molecule has 0 amide bonds. The molecule has 1 aliphatic rings. The van der Waals surface area contributed by atoms with Gasteiger partial charge in [-0.15, -0.1) is 0 Å². The Morgan fingerprint density at radius 1 is 1.47 bits per heavy atom. The zero-order chi connectivity index (χ0) is 13.8. The van der Waals surface area contributed by atoms with E-state index in [1.807, 2.05) is 19.1 Å². The van der Waals surface area contributed by atoms with E-state index >= 15 is 0 Å². The second-order valence-electron chi connectivity index (χ2n) is 5.27. The van der Waals surface area contributed by atoms with Crippen molar-refractivity contribution in [1.29, 1.82) is 0 Å². The number of ether oxygens (including phenoxy) is 1. The van der Waals surface area contributed by atoms with Crippen molar-refractivity contribution in [3.8, 4) is 5.75 Å². The van der Waals surface area contributed by atoms with E-state index < -0.39 is 5.97 Å². The van der Waals surface area contributed by atoms with E-state index in [0.29, 0.717) is 6.54 Å². The third-order valence-electron chi connectivity index (χ3n) is 3.61. The van der Waals surface area contributed by atoms with Gasteiger partial charge in [-0.1, -0.05) is 6.07 Å². The number of hydrogen-bond donors (Lipinski definition) is 1. The molecule has 1 N–H and O–H groups in total. The maximum absolute atomic E-state index is 11.1. The van der Waals surface area contributed by atoms with Crippen molar-refractivity contribution in [2.45, 2.75) is 26.3 Å². The summed E-state index contributed by atoms with van der Waals surface area (Å²) in [5, 5.41) is 9.10. The van der Waals surface area contributed by atoms with Gasteiger partial charge in [0.15, 0.2) is 0 Å². The van der Waals surface area contributed by atoms with Crippen LogP contribution in [0.3, 0.4) is 0 Å². The molecule has 1 saturated heterocycles. The van der Waals surface area contributed by atoms with E-state index in [4.69, 9.17) is 9.84 Å². The molecule has 1 atom stereocenters. The van der Waals surface area contributed by atoms with Crippen LogP contribution in [0.15, 0.2) is 18.2 Å². The molecule has 1 unspecified atom stereocenters. The van der Waals surface area contributed by atoms with Crippen molar-refractivity contribution in [1.82, 2.24) is 4.90 Å². The average molecular weight is 263 g/mol. The van der Waals surface area contributed by atoms with Crippen LogP contribution in [0.5, 0.6) is 5.75 Å². The summed E-state index contributed by atoms with van der Waals surface area (Å²) in [4.78, 5) is 13.3. The summed E-state index contributed by atoms with van der Waals surface area (Å²) in [5.41, 5.74) is 2.35. The Labute approximate surface area is 114 Å². The fraction of sp³-hybridized carbons (Fsp3) is 0.533. The van der Waals surface area contributed by atoms with Gasteiger partial charge in [-0.05, 0) is 49.6 Å². The Morgan fingerprint density at radius 2 is 2.26 bits per heavy atom. The fourth-order valence-corrected chi connectivity index (χ4v) is 2.69. The van der Waals surface area contributed by atoms with Gasteiger partial charge in [-0.2, -0.15) is 0 Å². The van der Waals surface area contributed by atoms with Gasteiger partial charge in [-0.25, -0.2) is 0 Å². The number of methoxy groups -OCH3 is 1. The lowest BCUT2D eigenvalue weighted by molar-refractivity contribution is -0.143. The second kappa shape index (κ2) is 6.06. The van der Waals surface area contributed by atoms with E-state index in [9.17, 15) is 4.79 Å². The van der Waals surface area contributed by atoms with Crippen LogP contribution in [-0.2, 0) is 11.3 Å². The van der Waals surface area contributed by atoms with Crippen LogP contribution in [-0.4, -0.2) is 36.2 Å². The number of aliphatic carboxylic acids is 1. The standard InChI is InChI=1S/C15H21NO3/c1-11-6-12(8-14(7-11)19-2)9-16-5-3-4-13(10-16)15(17)18/h6-8,13H,3-5,9-10H2,1-2H3,(H,17,18). The molecule has 1 aromatic carbocycles. The zero-order valence-electron chi connectivity index (χ0n) is 11.6. The first-order valence-corrected chi connectivity index (χ1v) is 6.68. The van der Waals surface area contributed by atoms with E-state index in [-0.39, 0.29) is 5.92 Å². The van der Waals surface area contributed by atoms with Crippen molar-refractivity contribution < 1.29 is 14.6 Å². The second-order valence-corrected chi connectivity index (χ2v) is 5.27. The molecule has 19 heavy (non-hydrogen) atoms. The third-order valence-corrected chi connectivity index (χ3v) is 3.61. The van der Waals surface area contributed by atoms with E-state index in [0.717, 1.165) is 31.7 Å².